The van der Waals surface area contributed by atoms with Crippen molar-refractivity contribution in [2.75, 3.05) is 33.7 Å². The highest BCUT2D eigenvalue weighted by molar-refractivity contribution is 5.76. The van der Waals surface area contributed by atoms with Crippen LogP contribution in [0.25, 0.3) is 0 Å². The molecule has 112 valence electrons. The Morgan fingerprint density at radius 2 is 1.90 bits per heavy atom. The Bertz CT molecular complexity index is 379. The summed E-state index contributed by atoms with van der Waals surface area (Å²) in [7, 11) is 4.14. The number of nitrogens with zero attached hydrogens (tertiary/aromatic N) is 1. The lowest BCUT2D eigenvalue weighted by molar-refractivity contribution is -0.121. The van der Waals surface area contributed by atoms with Crippen LogP contribution in [0.3, 0.4) is 0 Å². The molecule has 4 nitrogen and oxygen atoms in total. The van der Waals surface area contributed by atoms with Crippen LogP contribution >= 0.6 is 0 Å². The molecule has 0 aromatic heterocycles. The Kier molecular flexibility index (Phi) is 7.92. The van der Waals surface area contributed by atoms with Crippen molar-refractivity contribution in [3.05, 3.63) is 35.9 Å². The van der Waals surface area contributed by atoms with Gasteiger partial charge in [0.2, 0.25) is 5.91 Å². The van der Waals surface area contributed by atoms with Crippen LogP contribution < -0.4 is 10.6 Å². The van der Waals surface area contributed by atoms with Gasteiger partial charge in [-0.3, -0.25) is 4.79 Å². The van der Waals surface area contributed by atoms with Gasteiger partial charge in [0.15, 0.2) is 0 Å². The van der Waals surface area contributed by atoms with Crippen molar-refractivity contribution < 1.29 is 4.79 Å². The predicted octanol–water partition coefficient (Wildman–Crippen LogP) is 1.80. The van der Waals surface area contributed by atoms with Crippen LogP contribution in [0.5, 0.6) is 0 Å². The van der Waals surface area contributed by atoms with Gasteiger partial charge < -0.3 is 15.5 Å². The number of benzene rings is 1. The lowest BCUT2D eigenvalue weighted by atomic mass is 10.1. The van der Waals surface area contributed by atoms with E-state index < -0.39 is 0 Å². The van der Waals surface area contributed by atoms with Crippen molar-refractivity contribution >= 4 is 5.91 Å². The third kappa shape index (κ3) is 7.26. The monoisotopic (exact) mass is 277 g/mol. The number of hydrogen-bond acceptors (Lipinski definition) is 3. The minimum Gasteiger partial charge on any atom is -0.350 e. The summed E-state index contributed by atoms with van der Waals surface area (Å²) in [4.78, 5) is 14.0. The van der Waals surface area contributed by atoms with Gasteiger partial charge in [-0.2, -0.15) is 0 Å². The highest BCUT2D eigenvalue weighted by atomic mass is 16.1. The molecule has 1 atom stereocenters. The molecule has 1 unspecified atom stereocenters. The van der Waals surface area contributed by atoms with E-state index in [1.165, 1.54) is 0 Å². The fraction of sp³-hybridized carbons (Fsp3) is 0.562. The van der Waals surface area contributed by atoms with Crippen LogP contribution in [-0.4, -0.2) is 44.5 Å². The number of amides is 1. The van der Waals surface area contributed by atoms with Gasteiger partial charge in [0.25, 0.3) is 0 Å². The highest BCUT2D eigenvalue weighted by Gasteiger charge is 2.08. The maximum atomic E-state index is 11.8. The molecule has 0 saturated carbocycles. The van der Waals surface area contributed by atoms with Crippen molar-refractivity contribution in [2.45, 2.75) is 25.8 Å². The van der Waals surface area contributed by atoms with E-state index in [0.29, 0.717) is 6.42 Å². The minimum atomic E-state index is 0.0671. The topological polar surface area (TPSA) is 44.4 Å². The van der Waals surface area contributed by atoms with Gasteiger partial charge in [0, 0.05) is 13.0 Å². The third-order valence-corrected chi connectivity index (χ3v) is 3.16. The first-order valence-corrected chi connectivity index (χ1v) is 7.29. The summed E-state index contributed by atoms with van der Waals surface area (Å²) >= 11 is 0. The van der Waals surface area contributed by atoms with E-state index in [0.717, 1.165) is 31.6 Å². The predicted molar refractivity (Wildman–Crippen MR) is 83.7 cm³/mol. The second-order valence-corrected chi connectivity index (χ2v) is 5.36. The molecule has 1 amide bonds. The van der Waals surface area contributed by atoms with Crippen LogP contribution in [0.2, 0.25) is 0 Å². The zero-order valence-corrected chi connectivity index (χ0v) is 12.9. The normalized spacial score (nSPS) is 12.4. The molecule has 0 spiro atoms. The molecule has 0 aliphatic carbocycles. The molecule has 20 heavy (non-hydrogen) atoms. The summed E-state index contributed by atoms with van der Waals surface area (Å²) in [6.45, 7) is 4.78. The molecule has 0 bridgehead atoms. The lowest BCUT2D eigenvalue weighted by Crippen LogP contribution is -2.30. The standard InChI is InChI=1S/C16H27N3O/c1-14(15-8-5-4-6-9-15)18-16(20)10-12-17-11-7-13-19(2)3/h4-6,8-9,14,17H,7,10-13H2,1-3H3,(H,18,20). The second kappa shape index (κ2) is 9.50. The summed E-state index contributed by atoms with van der Waals surface area (Å²) in [5.74, 6) is 0.0986. The van der Waals surface area contributed by atoms with Crippen molar-refractivity contribution in [2.24, 2.45) is 0 Å². The largest absolute Gasteiger partial charge is 0.350 e. The van der Waals surface area contributed by atoms with E-state index >= 15 is 0 Å². The summed E-state index contributed by atoms with van der Waals surface area (Å²) in [6, 6.07) is 10.1. The van der Waals surface area contributed by atoms with E-state index in [1.807, 2.05) is 37.3 Å². The molecule has 0 radical (unpaired) electrons. The lowest BCUT2D eigenvalue weighted by Gasteiger charge is -2.14. The zero-order chi connectivity index (χ0) is 14.8. The van der Waals surface area contributed by atoms with E-state index in [-0.39, 0.29) is 11.9 Å². The molecule has 4 heteroatoms. The number of hydrogen-bond donors (Lipinski definition) is 2. The minimum absolute atomic E-state index is 0.0671. The first kappa shape index (κ1) is 16.7. The van der Waals surface area contributed by atoms with Crippen LogP contribution in [0.1, 0.15) is 31.4 Å². The quantitative estimate of drug-likeness (QED) is 0.677. The Hall–Kier alpha value is -1.39. The highest BCUT2D eigenvalue weighted by Crippen LogP contribution is 2.10. The third-order valence-electron chi connectivity index (χ3n) is 3.16. The molecule has 0 saturated heterocycles. The molecule has 0 aliphatic heterocycles. The van der Waals surface area contributed by atoms with Crippen molar-refractivity contribution in [1.82, 2.24) is 15.5 Å². The molecule has 0 heterocycles. The first-order valence-electron chi connectivity index (χ1n) is 7.29. The number of carbonyl (C=O) groups excluding carboxylic acids is 1. The van der Waals surface area contributed by atoms with E-state index in [2.05, 4.69) is 29.6 Å². The fourth-order valence-electron chi connectivity index (χ4n) is 1.99. The molecule has 1 aromatic carbocycles. The van der Waals surface area contributed by atoms with Crippen molar-refractivity contribution in [3.63, 3.8) is 0 Å². The van der Waals surface area contributed by atoms with Gasteiger partial charge in [0.05, 0.1) is 6.04 Å². The maximum Gasteiger partial charge on any atom is 0.221 e. The zero-order valence-electron chi connectivity index (χ0n) is 12.9. The van der Waals surface area contributed by atoms with E-state index in [9.17, 15) is 4.79 Å². The molecular formula is C16H27N3O. The first-order chi connectivity index (χ1) is 9.59. The number of nitrogens with one attached hydrogen (secondary N) is 2. The fourth-order valence-corrected chi connectivity index (χ4v) is 1.99. The van der Waals surface area contributed by atoms with Gasteiger partial charge in [-0.25, -0.2) is 0 Å². The van der Waals surface area contributed by atoms with Crippen LogP contribution in [0.4, 0.5) is 0 Å². The average Bonchev–Trinajstić information content (AvgIpc) is 2.43. The molecule has 1 rings (SSSR count). The summed E-state index contributed by atoms with van der Waals surface area (Å²) in [6.07, 6.45) is 1.63. The Labute approximate surface area is 122 Å². The van der Waals surface area contributed by atoms with Crippen LogP contribution in [0.15, 0.2) is 30.3 Å². The number of carbonyl (C=O) groups is 1. The molecular weight excluding hydrogens is 250 g/mol. The van der Waals surface area contributed by atoms with Crippen molar-refractivity contribution in [3.8, 4) is 0 Å². The number of rotatable bonds is 9. The SMILES string of the molecule is CC(NC(=O)CCNCCCN(C)C)c1ccccc1. The van der Waals surface area contributed by atoms with Crippen LogP contribution in [0, 0.1) is 0 Å². The van der Waals surface area contributed by atoms with Gasteiger partial charge in [0.1, 0.15) is 0 Å². The van der Waals surface area contributed by atoms with Gasteiger partial charge in [-0.1, -0.05) is 30.3 Å². The Balaban J connectivity index is 2.11. The molecule has 0 aliphatic rings. The molecule has 0 fully saturated rings. The van der Waals surface area contributed by atoms with Gasteiger partial charge >= 0.3 is 0 Å². The van der Waals surface area contributed by atoms with E-state index in [4.69, 9.17) is 0 Å². The summed E-state index contributed by atoms with van der Waals surface area (Å²) in [5.41, 5.74) is 1.14. The van der Waals surface area contributed by atoms with Gasteiger partial charge in [-0.05, 0) is 46.1 Å². The summed E-state index contributed by atoms with van der Waals surface area (Å²) in [5, 5.41) is 6.32. The van der Waals surface area contributed by atoms with Gasteiger partial charge in [-0.15, -0.1) is 0 Å². The average molecular weight is 277 g/mol. The van der Waals surface area contributed by atoms with Crippen molar-refractivity contribution in [1.29, 1.82) is 0 Å². The van der Waals surface area contributed by atoms with Crippen LogP contribution in [-0.2, 0) is 4.79 Å². The maximum absolute atomic E-state index is 11.8. The summed E-state index contributed by atoms with van der Waals surface area (Å²) < 4.78 is 0. The Morgan fingerprint density at radius 3 is 2.55 bits per heavy atom. The van der Waals surface area contributed by atoms with E-state index in [1.54, 1.807) is 0 Å². The Morgan fingerprint density at radius 1 is 1.20 bits per heavy atom. The smallest absolute Gasteiger partial charge is 0.221 e. The molecule has 2 N–H and O–H groups in total. The molecule has 1 aromatic rings. The second-order valence-electron chi connectivity index (χ2n) is 5.36.